The number of aromatic amines is 2. The van der Waals surface area contributed by atoms with E-state index in [9.17, 15) is 121 Å². The molecule has 28 N–H and O–H groups in total. The number of aromatic nitrogens is 4. The van der Waals surface area contributed by atoms with E-state index in [4.69, 9.17) is 26.4 Å². The second-order valence-corrected chi connectivity index (χ2v) is 32.6. The fourth-order valence-corrected chi connectivity index (χ4v) is 13.9. The molecular weight excluding hydrogens is 1780 g/mol. The average Bonchev–Trinajstić information content (AvgIpc) is 1.56. The number of imidazole rings is 2. The van der Waals surface area contributed by atoms with Crippen LogP contribution in [0.25, 0.3) is 0 Å². The number of amides is 16. The number of carbonyl (C=O) groups is 20. The van der Waals surface area contributed by atoms with Crippen molar-refractivity contribution >= 4 is 124 Å². The molecule has 0 unspecified atom stereocenters. The predicted molar refractivity (Wildman–Crippen MR) is 469 cm³/mol. The van der Waals surface area contributed by atoms with Gasteiger partial charge in [-0.05, 0) is 122 Å². The van der Waals surface area contributed by atoms with E-state index in [1.807, 2.05) is 0 Å². The van der Waals surface area contributed by atoms with Gasteiger partial charge < -0.3 is 142 Å². The van der Waals surface area contributed by atoms with Crippen LogP contribution in [-0.4, -0.2) is 267 Å². The number of carboxylic acids is 3. The quantitative estimate of drug-likeness (QED) is 0.00753. The summed E-state index contributed by atoms with van der Waals surface area (Å²) in [5.41, 5.74) is 10.1. The highest BCUT2D eigenvalue weighted by Gasteiger charge is 2.54. The molecule has 50 nitrogen and oxygen atoms in total. The minimum Gasteiger partial charge on any atom is -0.508 e. The molecule has 3 aromatic carbocycles. The summed E-state index contributed by atoms with van der Waals surface area (Å²) in [4.78, 5) is 283. The van der Waals surface area contributed by atoms with E-state index < -0.39 is 259 Å². The SMILES string of the molecule is CC[C@H](C)[C@H](NC(=O)[C@H](CCC(=O)O)NC(=O)[C@H](C)NC(=O)[C@H](Cc1c[nH]cn1)NC(=O)[C@H](C)NC(=O)[C@H](C)NC(=O)[C@H](Cc1c[nH]cn1)NC(=O)[C@@H](NC(=O)[C@H](C)NC(=O)[C@H](CCC(N)=O)NC(=O)c1ccc2c(c1)C(=O)OC21c2ccc(O)cc2Oc2cc(O)ccc21)C(C)C)C(=O)N[C@@H](C)C(=O)N[C@@H](CCC(=O)O)C(=O)N[C@@H](C)C(=O)NCC(=O)N[C@@H](CCCNC(=N)N)C(=O)O. The molecule has 4 heterocycles. The van der Waals surface area contributed by atoms with Crippen molar-refractivity contribution in [1.29, 1.82) is 5.41 Å². The number of esters is 1. The number of hydrogen-bond donors (Lipinski definition) is 26. The molecule has 135 heavy (non-hydrogen) atoms. The summed E-state index contributed by atoms with van der Waals surface area (Å²) in [5, 5.41) is 95.3. The second-order valence-electron chi connectivity index (χ2n) is 32.6. The summed E-state index contributed by atoms with van der Waals surface area (Å²) in [6, 6.07) is -9.25. The standard InChI is InChI=1S/C85H113N23O27/c1-11-38(4)67(81(130)100-43(9)71(120)102-55(21-24-64(113)114)76(125)96-39(5)68(117)92-34-63(112)101-57(82(131)132)13-12-26-91-84(87)88)108-77(126)56(22-25-65(115)116)103-70(119)42(8)99-78(127)58(28-46-32-89-35-93-46)105-72(121)41(7)95-69(118)40(6)98-79(128)59(29-47-33-90-36-94-47)106-80(129)66(37(2)3)107-73(122)44(10)97-75(124)54(20-23-62(86)111)104-74(123)45-14-17-51-50(27-45)83(133)135-85(51)52-18-15-48(109)30-60(52)134-61-31-49(110)16-19-53(61)85/h14-19,27,30-33,35-44,54-59,66-67,109-110H,11-13,20-26,28-29,34H2,1-10H3,(H2,86,111)(H,89,93)(H,90,94)(H,92,117)(H,95,118)(H,96,125)(H,97,124)(H,98,128)(H,99,127)(H,100,130)(H,101,112)(H,102,120)(H,103,119)(H,104,123)(H,105,121)(H,106,129)(H,107,122)(H,108,126)(H,113,114)(H,115,116)(H,131,132)(H4,87,88,91)/t38-,39-,40-,41-,42-,43-,44-,54-,55-,56-,57-,58-,59-,66-,67-/m0/s1. The average molecular weight is 1890 g/mol. The van der Waals surface area contributed by atoms with Crippen molar-refractivity contribution in [2.45, 2.75) is 230 Å². The number of primary amides is 1. The molecule has 50 heteroatoms. The van der Waals surface area contributed by atoms with E-state index in [2.05, 4.69) is 105 Å². The minimum atomic E-state index is -1.75. The molecule has 16 amide bonds. The number of rotatable bonds is 51. The maximum atomic E-state index is 14.3. The maximum Gasteiger partial charge on any atom is 0.340 e. The largest absolute Gasteiger partial charge is 0.508 e. The minimum absolute atomic E-state index is 0.0765. The van der Waals surface area contributed by atoms with Crippen LogP contribution < -0.4 is 101 Å². The first-order valence-corrected chi connectivity index (χ1v) is 42.8. The number of nitrogens with two attached hydrogens (primary N) is 2. The molecule has 1 spiro atoms. The Labute approximate surface area is 770 Å². The van der Waals surface area contributed by atoms with Gasteiger partial charge >= 0.3 is 23.9 Å². The van der Waals surface area contributed by atoms with Gasteiger partial charge in [-0.3, -0.25) is 91.7 Å². The van der Waals surface area contributed by atoms with E-state index >= 15 is 0 Å². The number of carboxylic acid groups (broad SMARTS) is 3. The van der Waals surface area contributed by atoms with Crippen molar-refractivity contribution in [3.05, 3.63) is 119 Å². The number of carbonyl (C=O) groups excluding carboxylic acids is 17. The van der Waals surface area contributed by atoms with Gasteiger partial charge in [0.25, 0.3) is 5.91 Å². The Bertz CT molecular complexity index is 5210. The van der Waals surface area contributed by atoms with Crippen molar-refractivity contribution < 1.29 is 131 Å². The molecule has 15 atom stereocenters. The molecule has 0 fully saturated rings. The molecule has 730 valence electrons. The third-order valence-electron chi connectivity index (χ3n) is 21.7. The Morgan fingerprint density at radius 2 is 0.844 bits per heavy atom. The molecule has 2 aromatic heterocycles. The fourth-order valence-electron chi connectivity index (χ4n) is 13.9. The van der Waals surface area contributed by atoms with Gasteiger partial charge in [0.1, 0.15) is 108 Å². The molecule has 0 aliphatic carbocycles. The van der Waals surface area contributed by atoms with Crippen molar-refractivity contribution in [3.8, 4) is 23.0 Å². The van der Waals surface area contributed by atoms with E-state index in [1.165, 1.54) is 121 Å². The Morgan fingerprint density at radius 3 is 1.29 bits per heavy atom. The topological polar surface area (TPSA) is 787 Å². The van der Waals surface area contributed by atoms with Gasteiger partial charge in [0, 0.05) is 85.4 Å². The van der Waals surface area contributed by atoms with Crippen LogP contribution in [0.5, 0.6) is 23.0 Å². The number of phenols is 2. The normalized spacial score (nSPS) is 15.3. The second kappa shape index (κ2) is 48.9. The van der Waals surface area contributed by atoms with Crippen LogP contribution in [0.4, 0.5) is 0 Å². The number of aromatic hydroxyl groups is 2. The zero-order valence-corrected chi connectivity index (χ0v) is 75.2. The third-order valence-corrected chi connectivity index (χ3v) is 21.7. The van der Waals surface area contributed by atoms with Crippen LogP contribution in [0.3, 0.4) is 0 Å². The number of phenolic OH excluding ortho intramolecular Hbond substituents is 2. The molecule has 5 aromatic rings. The number of ether oxygens (including phenoxy) is 2. The van der Waals surface area contributed by atoms with Crippen LogP contribution in [0.2, 0.25) is 0 Å². The first-order valence-electron chi connectivity index (χ1n) is 42.8. The van der Waals surface area contributed by atoms with Gasteiger partial charge in [-0.2, -0.15) is 0 Å². The first kappa shape index (κ1) is 106. The summed E-state index contributed by atoms with van der Waals surface area (Å²) in [6.07, 6.45) is 1.49. The van der Waals surface area contributed by atoms with Crippen LogP contribution in [0.15, 0.2) is 79.6 Å². The molecule has 0 radical (unpaired) electrons. The molecular formula is C85H113N23O27. The van der Waals surface area contributed by atoms with Crippen LogP contribution in [-0.2, 0) is 109 Å². The van der Waals surface area contributed by atoms with Crippen molar-refractivity contribution in [2.24, 2.45) is 23.3 Å². The van der Waals surface area contributed by atoms with Crippen molar-refractivity contribution in [3.63, 3.8) is 0 Å². The van der Waals surface area contributed by atoms with Gasteiger partial charge in [0.05, 0.1) is 36.2 Å². The van der Waals surface area contributed by atoms with Crippen LogP contribution >= 0.6 is 0 Å². The van der Waals surface area contributed by atoms with Gasteiger partial charge in [0.2, 0.25) is 88.6 Å². The molecule has 0 saturated heterocycles. The summed E-state index contributed by atoms with van der Waals surface area (Å²) in [7, 11) is 0. The highest BCUT2D eigenvalue weighted by molar-refractivity contribution is 6.05. The lowest BCUT2D eigenvalue weighted by Gasteiger charge is -2.36. The maximum absolute atomic E-state index is 14.3. The van der Waals surface area contributed by atoms with E-state index in [0.29, 0.717) is 11.1 Å². The molecule has 2 aliphatic rings. The molecule has 2 aliphatic heterocycles. The highest BCUT2D eigenvalue weighted by atomic mass is 16.6. The zero-order chi connectivity index (χ0) is 100. The number of nitrogens with one attached hydrogen (secondary N) is 19. The van der Waals surface area contributed by atoms with Crippen LogP contribution in [0.1, 0.15) is 176 Å². The van der Waals surface area contributed by atoms with Gasteiger partial charge in [-0.25, -0.2) is 19.6 Å². The highest BCUT2D eigenvalue weighted by Crippen LogP contribution is 2.57. The fraction of sp³-hybridized carbons (Fsp3) is 0.471. The van der Waals surface area contributed by atoms with Gasteiger partial charge in [0.15, 0.2) is 11.6 Å². The Morgan fingerprint density at radius 1 is 0.444 bits per heavy atom. The Hall–Kier alpha value is -15.9. The predicted octanol–water partition coefficient (Wildman–Crippen LogP) is -4.72. The van der Waals surface area contributed by atoms with E-state index in [-0.39, 0.29) is 102 Å². The van der Waals surface area contributed by atoms with Crippen molar-refractivity contribution in [1.82, 2.24) is 105 Å². The monoisotopic (exact) mass is 1890 g/mol. The summed E-state index contributed by atoms with van der Waals surface area (Å²) >= 11 is 0. The third kappa shape index (κ3) is 30.4. The number of hydrogen-bond acceptors (Lipinski definition) is 27. The lowest BCUT2D eigenvalue weighted by atomic mass is 9.77. The van der Waals surface area contributed by atoms with Gasteiger partial charge in [-0.15, -0.1) is 0 Å². The van der Waals surface area contributed by atoms with Gasteiger partial charge in [-0.1, -0.05) is 40.2 Å². The summed E-state index contributed by atoms with van der Waals surface area (Å²) < 4.78 is 12.1. The number of benzene rings is 3. The van der Waals surface area contributed by atoms with E-state index in [0.717, 1.165) is 6.92 Å². The number of H-pyrrole nitrogens is 2. The number of guanidine groups is 1. The molecule has 0 bridgehead atoms. The van der Waals surface area contributed by atoms with E-state index in [1.54, 1.807) is 20.8 Å². The zero-order valence-electron chi connectivity index (χ0n) is 75.2. The Balaban J connectivity index is 0.933. The number of nitrogens with zero attached hydrogens (tertiary/aromatic N) is 2. The first-order chi connectivity index (χ1) is 63.6. The number of aliphatic carboxylic acids is 3. The Kier molecular flexibility index (Phi) is 38.4. The lowest BCUT2D eigenvalue weighted by molar-refractivity contribution is -0.142. The summed E-state index contributed by atoms with van der Waals surface area (Å²) in [6.45, 7) is 12.8. The number of fused-ring (bicyclic) bond motifs is 6. The lowest BCUT2D eigenvalue weighted by Crippen LogP contribution is -2.61. The smallest absolute Gasteiger partial charge is 0.340 e. The molecule has 0 saturated carbocycles. The summed E-state index contributed by atoms with van der Waals surface area (Å²) in [5.74, 6) is -23.1. The van der Waals surface area contributed by atoms with Crippen molar-refractivity contribution in [2.75, 3.05) is 13.1 Å². The van der Waals surface area contributed by atoms with Crippen LogP contribution in [0, 0.1) is 17.2 Å². The molecule has 7 rings (SSSR count).